The third-order valence-corrected chi connectivity index (χ3v) is 5.97. The topological polar surface area (TPSA) is 106 Å². The number of nitrogens with zero attached hydrogens (tertiary/aromatic N) is 4. The minimum absolute atomic E-state index is 0.105. The molecule has 0 saturated carbocycles. The molecule has 200 valence electrons. The van der Waals surface area contributed by atoms with Crippen LogP contribution in [0.5, 0.6) is 0 Å². The number of halogens is 5. The smallest absolute Gasteiger partial charge is 0.381 e. The lowest BCUT2D eigenvalue weighted by molar-refractivity contribution is -0.138. The van der Waals surface area contributed by atoms with Crippen LogP contribution in [-0.2, 0) is 19.1 Å². The van der Waals surface area contributed by atoms with Crippen molar-refractivity contribution < 1.29 is 22.0 Å². The summed E-state index contributed by atoms with van der Waals surface area (Å²) in [5.41, 5.74) is -2.86. The van der Waals surface area contributed by atoms with Crippen molar-refractivity contribution in [2.45, 2.75) is 44.9 Å². The van der Waals surface area contributed by atoms with Crippen LogP contribution in [0, 0.1) is 5.82 Å². The maximum atomic E-state index is 14.9. The monoisotopic (exact) mass is 534 g/mol. The molecule has 4 aromatic rings. The minimum Gasteiger partial charge on any atom is -0.381 e. The van der Waals surface area contributed by atoms with E-state index in [1.54, 1.807) is 24.3 Å². The Bertz CT molecular complexity index is 1550. The van der Waals surface area contributed by atoms with Gasteiger partial charge in [-0.1, -0.05) is 0 Å². The molecular formula is C25H23F5N6O2. The van der Waals surface area contributed by atoms with Gasteiger partial charge < -0.3 is 9.88 Å². The standard InChI is InChI=1S/C25H23F5N6O2/c1-14(34-20-13-33-35-23(37)21(20)25(28,29)30)3-2-7-36-8-5-16-9-18(19(27)10-17(16)24(36)38)22-31-11-15(4-6-26)12-32-22/h5,8-14H,2-4,6-7H2,1H3,(H2,34,35,37). The first-order valence-corrected chi connectivity index (χ1v) is 11.7. The summed E-state index contributed by atoms with van der Waals surface area (Å²) in [6, 6.07) is 3.77. The zero-order valence-corrected chi connectivity index (χ0v) is 20.1. The lowest BCUT2D eigenvalue weighted by Crippen LogP contribution is -2.27. The summed E-state index contributed by atoms with van der Waals surface area (Å²) >= 11 is 0. The van der Waals surface area contributed by atoms with Gasteiger partial charge in [-0.3, -0.25) is 14.0 Å². The van der Waals surface area contributed by atoms with Gasteiger partial charge in [0.15, 0.2) is 5.82 Å². The molecule has 1 aromatic carbocycles. The third kappa shape index (κ3) is 5.87. The molecule has 4 rings (SSSR count). The van der Waals surface area contributed by atoms with Crippen LogP contribution in [-0.4, -0.2) is 37.4 Å². The van der Waals surface area contributed by atoms with Gasteiger partial charge >= 0.3 is 6.18 Å². The Morgan fingerprint density at radius 1 is 1.13 bits per heavy atom. The van der Waals surface area contributed by atoms with Crippen molar-refractivity contribution in [1.29, 1.82) is 0 Å². The van der Waals surface area contributed by atoms with Crippen LogP contribution in [0.3, 0.4) is 0 Å². The average molecular weight is 534 g/mol. The van der Waals surface area contributed by atoms with Crippen molar-refractivity contribution in [3.05, 3.63) is 80.6 Å². The maximum Gasteiger partial charge on any atom is 0.423 e. The summed E-state index contributed by atoms with van der Waals surface area (Å²) in [4.78, 5) is 32.7. The number of alkyl halides is 4. The number of hydrogen-bond donors (Lipinski definition) is 2. The highest BCUT2D eigenvalue weighted by molar-refractivity contribution is 5.85. The molecule has 38 heavy (non-hydrogen) atoms. The van der Waals surface area contributed by atoms with E-state index in [4.69, 9.17) is 0 Å². The molecule has 0 radical (unpaired) electrons. The molecule has 0 bridgehead atoms. The zero-order chi connectivity index (χ0) is 27.4. The number of aryl methyl sites for hydroxylation is 2. The zero-order valence-electron chi connectivity index (χ0n) is 20.1. The van der Waals surface area contributed by atoms with E-state index in [2.05, 4.69) is 20.4 Å². The first-order valence-electron chi connectivity index (χ1n) is 11.7. The van der Waals surface area contributed by atoms with E-state index >= 15 is 0 Å². The fraction of sp³-hybridized carbons (Fsp3) is 0.320. The van der Waals surface area contributed by atoms with E-state index in [-0.39, 0.29) is 29.7 Å². The van der Waals surface area contributed by atoms with Crippen molar-refractivity contribution in [3.63, 3.8) is 0 Å². The van der Waals surface area contributed by atoms with E-state index in [1.165, 1.54) is 23.0 Å². The number of anilines is 1. The van der Waals surface area contributed by atoms with E-state index in [0.29, 0.717) is 23.8 Å². The molecule has 0 amide bonds. The van der Waals surface area contributed by atoms with Crippen LogP contribution in [0.4, 0.5) is 27.6 Å². The molecule has 13 heteroatoms. The van der Waals surface area contributed by atoms with Gasteiger partial charge in [0.1, 0.15) is 11.4 Å². The van der Waals surface area contributed by atoms with Gasteiger partial charge in [-0.15, -0.1) is 0 Å². The number of hydrogen-bond acceptors (Lipinski definition) is 6. The Kier molecular flexibility index (Phi) is 7.83. The molecular weight excluding hydrogens is 511 g/mol. The molecule has 0 aliphatic heterocycles. The summed E-state index contributed by atoms with van der Waals surface area (Å²) in [5.74, 6) is -0.572. The van der Waals surface area contributed by atoms with Crippen molar-refractivity contribution in [2.75, 3.05) is 12.0 Å². The summed E-state index contributed by atoms with van der Waals surface area (Å²) in [6.45, 7) is 1.33. The normalized spacial score (nSPS) is 12.6. The fourth-order valence-electron chi connectivity index (χ4n) is 4.08. The van der Waals surface area contributed by atoms with Gasteiger partial charge in [-0.25, -0.2) is 19.5 Å². The number of benzene rings is 1. The number of aromatic amines is 1. The van der Waals surface area contributed by atoms with Crippen molar-refractivity contribution in [3.8, 4) is 11.4 Å². The number of aromatic nitrogens is 5. The molecule has 0 spiro atoms. The van der Waals surface area contributed by atoms with Crippen LogP contribution in [0.2, 0.25) is 0 Å². The predicted octanol–water partition coefficient (Wildman–Crippen LogP) is 4.49. The van der Waals surface area contributed by atoms with Crippen molar-refractivity contribution in [1.82, 2.24) is 24.7 Å². The van der Waals surface area contributed by atoms with Gasteiger partial charge in [0.25, 0.3) is 11.1 Å². The largest absolute Gasteiger partial charge is 0.423 e. The molecule has 0 aliphatic rings. The molecule has 1 unspecified atom stereocenters. The molecule has 0 aliphatic carbocycles. The van der Waals surface area contributed by atoms with E-state index < -0.39 is 47.1 Å². The van der Waals surface area contributed by atoms with Gasteiger partial charge in [0.05, 0.1) is 29.5 Å². The Hall–Kier alpha value is -4.16. The number of nitrogens with one attached hydrogen (secondary N) is 2. The average Bonchev–Trinajstić information content (AvgIpc) is 2.85. The van der Waals surface area contributed by atoms with E-state index in [0.717, 1.165) is 12.3 Å². The van der Waals surface area contributed by atoms with Gasteiger partial charge in [-0.05, 0) is 48.9 Å². The Morgan fingerprint density at radius 3 is 2.55 bits per heavy atom. The molecule has 0 saturated heterocycles. The quantitative estimate of drug-likeness (QED) is 0.307. The number of H-pyrrole nitrogens is 1. The second-order valence-corrected chi connectivity index (χ2v) is 8.76. The van der Waals surface area contributed by atoms with Crippen molar-refractivity contribution >= 4 is 16.5 Å². The number of rotatable bonds is 9. The molecule has 8 nitrogen and oxygen atoms in total. The second-order valence-electron chi connectivity index (χ2n) is 8.76. The summed E-state index contributed by atoms with van der Waals surface area (Å²) in [6.07, 6.45) is 1.41. The predicted molar refractivity (Wildman–Crippen MR) is 131 cm³/mol. The van der Waals surface area contributed by atoms with Gasteiger partial charge in [0, 0.05) is 37.6 Å². The highest BCUT2D eigenvalue weighted by Crippen LogP contribution is 2.32. The lowest BCUT2D eigenvalue weighted by Gasteiger charge is -2.18. The number of pyridine rings is 1. The SMILES string of the molecule is CC(CCCn1ccc2cc(-c3ncc(CCF)cn3)c(F)cc2c1=O)Nc1cn[nH]c(=O)c1C(F)(F)F. The minimum atomic E-state index is -4.85. The van der Waals surface area contributed by atoms with Crippen LogP contribution < -0.4 is 16.4 Å². The summed E-state index contributed by atoms with van der Waals surface area (Å²) in [5, 5.41) is 8.50. The highest BCUT2D eigenvalue weighted by Gasteiger charge is 2.37. The van der Waals surface area contributed by atoms with Gasteiger partial charge in [-0.2, -0.15) is 18.3 Å². The van der Waals surface area contributed by atoms with E-state index in [1.807, 2.05) is 0 Å². The lowest BCUT2D eigenvalue weighted by atomic mass is 10.1. The Morgan fingerprint density at radius 2 is 1.87 bits per heavy atom. The summed E-state index contributed by atoms with van der Waals surface area (Å²) < 4.78 is 68.4. The van der Waals surface area contributed by atoms with Crippen LogP contribution in [0.1, 0.15) is 30.9 Å². The molecule has 0 fully saturated rings. The molecule has 2 N–H and O–H groups in total. The maximum absolute atomic E-state index is 14.9. The van der Waals surface area contributed by atoms with E-state index in [9.17, 15) is 31.5 Å². The molecule has 3 heterocycles. The van der Waals surface area contributed by atoms with Crippen LogP contribution in [0.15, 0.2) is 52.6 Å². The van der Waals surface area contributed by atoms with Gasteiger partial charge in [0.2, 0.25) is 0 Å². The van der Waals surface area contributed by atoms with Crippen LogP contribution >= 0.6 is 0 Å². The third-order valence-electron chi connectivity index (χ3n) is 5.97. The first kappa shape index (κ1) is 26.9. The molecule has 1 atom stereocenters. The summed E-state index contributed by atoms with van der Waals surface area (Å²) in [7, 11) is 0. The second kappa shape index (κ2) is 11.1. The highest BCUT2D eigenvalue weighted by atomic mass is 19.4. The first-order chi connectivity index (χ1) is 18.1. The number of fused-ring (bicyclic) bond motifs is 1. The van der Waals surface area contributed by atoms with Crippen LogP contribution in [0.25, 0.3) is 22.2 Å². The van der Waals surface area contributed by atoms with Crippen molar-refractivity contribution in [2.24, 2.45) is 0 Å². The fourth-order valence-corrected chi connectivity index (χ4v) is 4.08. The molecule has 3 aromatic heterocycles. The Labute approximate surface area is 212 Å². The Balaban J connectivity index is 1.46.